The Labute approximate surface area is 187 Å². The van der Waals surface area contributed by atoms with E-state index < -0.39 is 49.1 Å². The number of alkyl halides is 3. The van der Waals surface area contributed by atoms with Crippen LogP contribution in [0.3, 0.4) is 0 Å². The number of nitrogens with one attached hydrogen (secondary N) is 2. The van der Waals surface area contributed by atoms with Gasteiger partial charge in [0.25, 0.3) is 0 Å². The molecule has 0 heterocycles. The predicted molar refractivity (Wildman–Crippen MR) is 113 cm³/mol. The molecule has 1 unspecified atom stereocenters. The van der Waals surface area contributed by atoms with E-state index in [2.05, 4.69) is 5.32 Å². The van der Waals surface area contributed by atoms with Crippen molar-refractivity contribution in [2.75, 3.05) is 6.61 Å². The van der Waals surface area contributed by atoms with Crippen molar-refractivity contribution in [3.63, 3.8) is 0 Å². The molecule has 0 aromatic heterocycles. The number of hydrogen-bond donors (Lipinski definition) is 3. The van der Waals surface area contributed by atoms with Gasteiger partial charge in [0.15, 0.2) is 0 Å². The van der Waals surface area contributed by atoms with Crippen molar-refractivity contribution in [3.8, 4) is 11.1 Å². The quantitative estimate of drug-likeness (QED) is 0.551. The molecule has 0 spiro atoms. The van der Waals surface area contributed by atoms with Gasteiger partial charge in [0.05, 0.1) is 6.42 Å². The Morgan fingerprint density at radius 1 is 1.00 bits per heavy atom. The molecule has 1 aliphatic rings. The third kappa shape index (κ3) is 6.24. The molecule has 0 saturated carbocycles. The highest BCUT2D eigenvalue weighted by molar-refractivity contribution is 5.84. The van der Waals surface area contributed by atoms with E-state index in [0.717, 1.165) is 22.3 Å². The predicted octanol–water partition coefficient (Wildman–Crippen LogP) is 3.83. The maximum absolute atomic E-state index is 12.5. The van der Waals surface area contributed by atoms with E-state index in [4.69, 9.17) is 9.84 Å². The molecule has 0 aliphatic heterocycles. The van der Waals surface area contributed by atoms with Crippen LogP contribution in [-0.2, 0) is 14.3 Å². The van der Waals surface area contributed by atoms with Crippen molar-refractivity contribution in [1.82, 2.24) is 10.6 Å². The second kappa shape index (κ2) is 9.93. The molecule has 3 N–H and O–H groups in total. The zero-order valence-corrected chi connectivity index (χ0v) is 17.7. The fourth-order valence-corrected chi connectivity index (χ4v) is 3.86. The first-order valence-electron chi connectivity index (χ1n) is 10.3. The van der Waals surface area contributed by atoms with Gasteiger partial charge in [-0.05, 0) is 29.2 Å². The molecule has 176 valence electrons. The number of carboxylic acids is 1. The van der Waals surface area contributed by atoms with Gasteiger partial charge in [0.1, 0.15) is 12.6 Å². The van der Waals surface area contributed by atoms with Gasteiger partial charge < -0.3 is 20.5 Å². The summed E-state index contributed by atoms with van der Waals surface area (Å²) in [5.41, 5.74) is 4.20. The minimum absolute atomic E-state index is 0.0610. The standard InChI is InChI=1S/C23H23F3N2O5/c1-13(10-20(29)28-19(21(30)31)11-23(24,25)26)27-22(32)33-12-18-16-8-4-2-6-14(16)15-7-3-5-9-17(15)18/h2-9,13,18-19H,10-12H2,1H3,(H,27,32)(H,28,29)(H,30,31)/t13-,19?/m0/s1. The molecule has 0 saturated heterocycles. The van der Waals surface area contributed by atoms with Crippen molar-refractivity contribution >= 4 is 18.0 Å². The van der Waals surface area contributed by atoms with Crippen LogP contribution in [0.2, 0.25) is 0 Å². The van der Waals surface area contributed by atoms with E-state index in [1.807, 2.05) is 53.8 Å². The molecule has 2 aromatic carbocycles. The number of carbonyl (C=O) groups excluding carboxylic acids is 2. The smallest absolute Gasteiger partial charge is 0.407 e. The normalized spacial score (nSPS) is 14.5. The van der Waals surface area contributed by atoms with Crippen LogP contribution in [0, 0.1) is 0 Å². The van der Waals surface area contributed by atoms with Crippen molar-refractivity contribution in [2.24, 2.45) is 0 Å². The lowest BCUT2D eigenvalue weighted by molar-refractivity contribution is -0.160. The Bertz CT molecular complexity index is 995. The summed E-state index contributed by atoms with van der Waals surface area (Å²) in [5.74, 6) is -2.88. The maximum Gasteiger partial charge on any atom is 0.407 e. The molecular weight excluding hydrogens is 441 g/mol. The fourth-order valence-electron chi connectivity index (χ4n) is 3.86. The van der Waals surface area contributed by atoms with Crippen LogP contribution < -0.4 is 10.6 Å². The number of carboxylic acid groups (broad SMARTS) is 1. The second-order valence-electron chi connectivity index (χ2n) is 7.85. The van der Waals surface area contributed by atoms with Crippen LogP contribution in [-0.4, -0.2) is 47.9 Å². The third-order valence-electron chi connectivity index (χ3n) is 5.27. The Morgan fingerprint density at radius 3 is 2.06 bits per heavy atom. The van der Waals surface area contributed by atoms with Gasteiger partial charge in [-0.25, -0.2) is 9.59 Å². The van der Waals surface area contributed by atoms with Gasteiger partial charge in [-0.3, -0.25) is 4.79 Å². The summed E-state index contributed by atoms with van der Waals surface area (Å²) in [7, 11) is 0. The molecular formula is C23H23F3N2O5. The molecule has 3 rings (SSSR count). The minimum Gasteiger partial charge on any atom is -0.480 e. The summed E-state index contributed by atoms with van der Waals surface area (Å²) < 4.78 is 42.7. The topological polar surface area (TPSA) is 105 Å². The molecule has 1 aliphatic carbocycles. The van der Waals surface area contributed by atoms with Crippen LogP contribution in [0.25, 0.3) is 11.1 Å². The Balaban J connectivity index is 1.52. The average Bonchev–Trinajstić information content (AvgIpc) is 3.04. The number of carbonyl (C=O) groups is 3. The molecule has 2 amide bonds. The Hall–Kier alpha value is -3.56. The lowest BCUT2D eigenvalue weighted by atomic mass is 9.98. The maximum atomic E-state index is 12.5. The van der Waals surface area contributed by atoms with E-state index >= 15 is 0 Å². The van der Waals surface area contributed by atoms with Gasteiger partial charge >= 0.3 is 18.2 Å². The van der Waals surface area contributed by atoms with Crippen molar-refractivity contribution in [3.05, 3.63) is 59.7 Å². The first kappa shape index (κ1) is 24.1. The van der Waals surface area contributed by atoms with Crippen LogP contribution in [0.1, 0.15) is 36.8 Å². The van der Waals surface area contributed by atoms with E-state index in [9.17, 15) is 27.6 Å². The van der Waals surface area contributed by atoms with Crippen LogP contribution in [0.5, 0.6) is 0 Å². The SMILES string of the molecule is C[C@@H](CC(=O)NC(CC(F)(F)F)C(=O)O)NC(=O)OCC1c2ccccc2-c2ccccc21. The number of aliphatic carboxylic acids is 1. The number of rotatable bonds is 8. The number of hydrogen-bond acceptors (Lipinski definition) is 4. The summed E-state index contributed by atoms with van der Waals surface area (Å²) in [6.07, 6.45) is -7.64. The molecule has 7 nitrogen and oxygen atoms in total. The molecule has 10 heteroatoms. The second-order valence-corrected chi connectivity index (χ2v) is 7.85. The van der Waals surface area contributed by atoms with Gasteiger partial charge in [-0.1, -0.05) is 48.5 Å². The van der Waals surface area contributed by atoms with Gasteiger partial charge in [0.2, 0.25) is 5.91 Å². The summed E-state index contributed by atoms with van der Waals surface area (Å²) in [5, 5.41) is 13.1. The van der Waals surface area contributed by atoms with Crippen LogP contribution >= 0.6 is 0 Å². The molecule has 0 radical (unpaired) electrons. The van der Waals surface area contributed by atoms with Gasteiger partial charge in [0, 0.05) is 18.4 Å². The molecule has 2 aromatic rings. The summed E-state index contributed by atoms with van der Waals surface area (Å²) >= 11 is 0. The van der Waals surface area contributed by atoms with E-state index in [1.54, 1.807) is 0 Å². The highest BCUT2D eigenvalue weighted by atomic mass is 19.4. The summed E-state index contributed by atoms with van der Waals surface area (Å²) in [6, 6.07) is 12.7. The minimum atomic E-state index is -4.75. The highest BCUT2D eigenvalue weighted by Gasteiger charge is 2.36. The van der Waals surface area contributed by atoms with Crippen LogP contribution in [0.15, 0.2) is 48.5 Å². The number of benzene rings is 2. The van der Waals surface area contributed by atoms with E-state index in [-0.39, 0.29) is 12.5 Å². The van der Waals surface area contributed by atoms with Gasteiger partial charge in [-0.2, -0.15) is 13.2 Å². The first-order valence-corrected chi connectivity index (χ1v) is 10.3. The summed E-state index contributed by atoms with van der Waals surface area (Å²) in [4.78, 5) is 35.1. The van der Waals surface area contributed by atoms with Crippen molar-refractivity contribution in [2.45, 2.75) is 43.9 Å². The monoisotopic (exact) mass is 464 g/mol. The lowest BCUT2D eigenvalue weighted by Crippen LogP contribution is -2.46. The largest absolute Gasteiger partial charge is 0.480 e. The Kier molecular flexibility index (Phi) is 7.25. The molecule has 33 heavy (non-hydrogen) atoms. The summed E-state index contributed by atoms with van der Waals surface area (Å²) in [6.45, 7) is 1.52. The number of fused-ring (bicyclic) bond motifs is 3. The zero-order valence-electron chi connectivity index (χ0n) is 17.7. The molecule has 0 fully saturated rings. The number of alkyl carbamates (subject to hydrolysis) is 1. The highest BCUT2D eigenvalue weighted by Crippen LogP contribution is 2.44. The van der Waals surface area contributed by atoms with Crippen LogP contribution in [0.4, 0.5) is 18.0 Å². The Morgan fingerprint density at radius 2 is 1.55 bits per heavy atom. The number of amides is 2. The first-order chi connectivity index (χ1) is 15.5. The molecule has 0 bridgehead atoms. The fraction of sp³-hybridized carbons (Fsp3) is 0.348. The molecule has 2 atom stereocenters. The van der Waals surface area contributed by atoms with Gasteiger partial charge in [-0.15, -0.1) is 0 Å². The van der Waals surface area contributed by atoms with Crippen molar-refractivity contribution in [1.29, 1.82) is 0 Å². The average molecular weight is 464 g/mol. The van der Waals surface area contributed by atoms with E-state index in [0.29, 0.717) is 0 Å². The third-order valence-corrected chi connectivity index (χ3v) is 5.27. The van der Waals surface area contributed by atoms with Crippen molar-refractivity contribution < 1.29 is 37.4 Å². The van der Waals surface area contributed by atoms with E-state index in [1.165, 1.54) is 6.92 Å². The number of halogens is 3. The lowest BCUT2D eigenvalue weighted by Gasteiger charge is -2.19. The zero-order chi connectivity index (χ0) is 24.2. The number of ether oxygens (including phenoxy) is 1.